The SMILES string of the molecule is CNc1cnc(Nc2cc(OC)ccc2C)cc1N(C=O)C1CCCC1. The highest BCUT2D eigenvalue weighted by Crippen LogP contribution is 2.34. The van der Waals surface area contributed by atoms with E-state index < -0.39 is 0 Å². The van der Waals surface area contributed by atoms with Crippen LogP contribution in [0, 0.1) is 6.92 Å². The molecule has 0 unspecified atom stereocenters. The fraction of sp³-hybridized carbons (Fsp3) is 0.400. The van der Waals surface area contributed by atoms with Gasteiger partial charge in [-0.15, -0.1) is 0 Å². The van der Waals surface area contributed by atoms with E-state index in [1.165, 1.54) is 12.8 Å². The van der Waals surface area contributed by atoms with E-state index in [0.29, 0.717) is 5.82 Å². The highest BCUT2D eigenvalue weighted by Gasteiger charge is 2.24. The molecule has 0 radical (unpaired) electrons. The van der Waals surface area contributed by atoms with E-state index >= 15 is 0 Å². The molecule has 1 amide bonds. The number of hydrogen-bond acceptors (Lipinski definition) is 5. The van der Waals surface area contributed by atoms with Crippen LogP contribution in [0.2, 0.25) is 0 Å². The van der Waals surface area contributed by atoms with Crippen molar-refractivity contribution in [3.8, 4) is 5.75 Å². The van der Waals surface area contributed by atoms with Crippen LogP contribution < -0.4 is 20.3 Å². The Hall–Kier alpha value is -2.76. The van der Waals surface area contributed by atoms with E-state index in [1.807, 2.05) is 43.1 Å². The Balaban J connectivity index is 1.93. The van der Waals surface area contributed by atoms with Crippen molar-refractivity contribution in [1.29, 1.82) is 0 Å². The normalized spacial score (nSPS) is 14.1. The summed E-state index contributed by atoms with van der Waals surface area (Å²) in [6, 6.07) is 8.06. The molecule has 0 saturated heterocycles. The van der Waals surface area contributed by atoms with E-state index in [2.05, 4.69) is 15.6 Å². The molecule has 6 nitrogen and oxygen atoms in total. The Morgan fingerprint density at radius 1 is 1.23 bits per heavy atom. The topological polar surface area (TPSA) is 66.5 Å². The van der Waals surface area contributed by atoms with Crippen LogP contribution in [0.1, 0.15) is 31.2 Å². The molecule has 1 heterocycles. The zero-order valence-corrected chi connectivity index (χ0v) is 15.6. The van der Waals surface area contributed by atoms with Crippen molar-refractivity contribution in [2.45, 2.75) is 38.6 Å². The summed E-state index contributed by atoms with van der Waals surface area (Å²) in [5.74, 6) is 1.48. The van der Waals surface area contributed by atoms with Gasteiger partial charge >= 0.3 is 0 Å². The number of nitrogens with one attached hydrogen (secondary N) is 2. The number of pyridine rings is 1. The summed E-state index contributed by atoms with van der Waals surface area (Å²) < 4.78 is 5.31. The highest BCUT2D eigenvalue weighted by molar-refractivity contribution is 5.85. The summed E-state index contributed by atoms with van der Waals surface area (Å²) in [7, 11) is 3.49. The lowest BCUT2D eigenvalue weighted by atomic mass is 10.1. The Bertz CT molecular complexity index is 772. The smallest absolute Gasteiger partial charge is 0.214 e. The first-order chi connectivity index (χ1) is 12.7. The average Bonchev–Trinajstić information content (AvgIpc) is 3.19. The third-order valence-corrected chi connectivity index (χ3v) is 4.97. The van der Waals surface area contributed by atoms with Crippen LogP contribution in [0.25, 0.3) is 0 Å². The van der Waals surface area contributed by atoms with Crippen molar-refractivity contribution in [3.05, 3.63) is 36.0 Å². The van der Waals surface area contributed by atoms with Crippen LogP contribution in [0.4, 0.5) is 22.9 Å². The number of aromatic nitrogens is 1. The molecule has 2 aromatic rings. The maximum absolute atomic E-state index is 11.8. The van der Waals surface area contributed by atoms with Gasteiger partial charge in [-0.2, -0.15) is 0 Å². The number of ether oxygens (including phenoxy) is 1. The number of hydrogen-bond donors (Lipinski definition) is 2. The molecule has 0 atom stereocenters. The summed E-state index contributed by atoms with van der Waals surface area (Å²) in [5.41, 5.74) is 3.72. The van der Waals surface area contributed by atoms with Gasteiger partial charge in [0.2, 0.25) is 6.41 Å². The fourth-order valence-electron chi connectivity index (χ4n) is 3.44. The van der Waals surface area contributed by atoms with Crippen LogP contribution >= 0.6 is 0 Å². The van der Waals surface area contributed by atoms with Gasteiger partial charge in [-0.05, 0) is 31.4 Å². The monoisotopic (exact) mass is 354 g/mol. The molecule has 0 bridgehead atoms. The molecule has 3 rings (SSSR count). The molecule has 1 fully saturated rings. The number of methoxy groups -OCH3 is 1. The Morgan fingerprint density at radius 2 is 2.00 bits per heavy atom. The maximum atomic E-state index is 11.8. The molecule has 1 aromatic carbocycles. The zero-order chi connectivity index (χ0) is 18.5. The van der Waals surface area contributed by atoms with E-state index in [9.17, 15) is 4.79 Å². The maximum Gasteiger partial charge on any atom is 0.214 e. The highest BCUT2D eigenvalue weighted by atomic mass is 16.5. The number of amides is 1. The number of aryl methyl sites for hydroxylation is 1. The van der Waals surface area contributed by atoms with Crippen molar-refractivity contribution in [2.75, 3.05) is 29.7 Å². The molecular formula is C20H26N4O2. The summed E-state index contributed by atoms with van der Waals surface area (Å²) in [4.78, 5) is 18.1. The molecule has 138 valence electrons. The number of nitrogens with zero attached hydrogens (tertiary/aromatic N) is 2. The Morgan fingerprint density at radius 3 is 2.65 bits per heavy atom. The van der Waals surface area contributed by atoms with E-state index in [-0.39, 0.29) is 6.04 Å². The van der Waals surface area contributed by atoms with E-state index in [0.717, 1.165) is 47.6 Å². The summed E-state index contributed by atoms with van der Waals surface area (Å²) >= 11 is 0. The Labute approximate surface area is 154 Å². The van der Waals surface area contributed by atoms with Crippen LogP contribution in [0.5, 0.6) is 5.75 Å². The molecular weight excluding hydrogens is 328 g/mol. The fourth-order valence-corrected chi connectivity index (χ4v) is 3.44. The molecule has 2 N–H and O–H groups in total. The third kappa shape index (κ3) is 3.74. The summed E-state index contributed by atoms with van der Waals surface area (Å²) in [5, 5.41) is 6.49. The zero-order valence-electron chi connectivity index (χ0n) is 15.6. The second-order valence-electron chi connectivity index (χ2n) is 6.59. The Kier molecular flexibility index (Phi) is 5.61. The van der Waals surface area contributed by atoms with E-state index in [1.54, 1.807) is 13.3 Å². The van der Waals surface area contributed by atoms with Gasteiger partial charge in [-0.25, -0.2) is 4.98 Å². The molecule has 0 aliphatic heterocycles. The van der Waals surface area contributed by atoms with Gasteiger partial charge in [0.1, 0.15) is 11.6 Å². The second-order valence-corrected chi connectivity index (χ2v) is 6.59. The molecule has 1 aliphatic carbocycles. The van der Waals surface area contributed by atoms with Crippen LogP contribution in [-0.4, -0.2) is 31.6 Å². The van der Waals surface area contributed by atoms with Crippen molar-refractivity contribution in [2.24, 2.45) is 0 Å². The molecule has 0 spiro atoms. The number of rotatable bonds is 7. The van der Waals surface area contributed by atoms with Crippen LogP contribution in [0.15, 0.2) is 30.5 Å². The van der Waals surface area contributed by atoms with E-state index in [4.69, 9.17) is 4.74 Å². The number of benzene rings is 1. The standard InChI is InChI=1S/C20H26N4O2/c1-14-8-9-16(26-3)10-17(14)23-20-11-19(18(21-2)12-22-20)24(13-25)15-6-4-5-7-15/h8-13,15,21H,4-7H2,1-3H3,(H,22,23). The third-order valence-electron chi connectivity index (χ3n) is 4.97. The minimum Gasteiger partial charge on any atom is -0.497 e. The first-order valence-corrected chi connectivity index (χ1v) is 8.99. The van der Waals surface area contributed by atoms with Gasteiger partial charge in [-0.1, -0.05) is 18.9 Å². The lowest BCUT2D eigenvalue weighted by molar-refractivity contribution is -0.107. The minimum absolute atomic E-state index is 0.258. The van der Waals surface area contributed by atoms with Crippen molar-refractivity contribution >= 4 is 29.3 Å². The van der Waals surface area contributed by atoms with Gasteiger partial charge in [0, 0.05) is 30.9 Å². The van der Waals surface area contributed by atoms with Crippen molar-refractivity contribution in [3.63, 3.8) is 0 Å². The molecule has 6 heteroatoms. The number of carbonyl (C=O) groups is 1. The largest absolute Gasteiger partial charge is 0.497 e. The quantitative estimate of drug-likeness (QED) is 0.733. The van der Waals surface area contributed by atoms with Gasteiger partial charge in [0.05, 0.1) is 24.7 Å². The lowest BCUT2D eigenvalue weighted by Crippen LogP contribution is -2.32. The molecule has 26 heavy (non-hydrogen) atoms. The lowest BCUT2D eigenvalue weighted by Gasteiger charge is -2.27. The van der Waals surface area contributed by atoms with Gasteiger partial charge in [0.15, 0.2) is 0 Å². The van der Waals surface area contributed by atoms with Crippen molar-refractivity contribution in [1.82, 2.24) is 4.98 Å². The van der Waals surface area contributed by atoms with Crippen LogP contribution in [0.3, 0.4) is 0 Å². The minimum atomic E-state index is 0.258. The summed E-state index contributed by atoms with van der Waals surface area (Å²) in [6.45, 7) is 2.03. The molecule has 1 saturated carbocycles. The summed E-state index contributed by atoms with van der Waals surface area (Å²) in [6.07, 6.45) is 7.13. The predicted octanol–water partition coefficient (Wildman–Crippen LogP) is 4.09. The van der Waals surface area contributed by atoms with Gasteiger partial charge in [0.25, 0.3) is 0 Å². The molecule has 1 aromatic heterocycles. The first-order valence-electron chi connectivity index (χ1n) is 8.99. The second kappa shape index (κ2) is 8.08. The first kappa shape index (κ1) is 18.0. The molecule has 1 aliphatic rings. The number of anilines is 4. The van der Waals surface area contributed by atoms with Crippen molar-refractivity contribution < 1.29 is 9.53 Å². The van der Waals surface area contributed by atoms with Crippen LogP contribution in [-0.2, 0) is 4.79 Å². The van der Waals surface area contributed by atoms with Gasteiger partial charge in [-0.3, -0.25) is 4.79 Å². The average molecular weight is 354 g/mol. The van der Waals surface area contributed by atoms with Gasteiger partial charge < -0.3 is 20.3 Å². The predicted molar refractivity (Wildman–Crippen MR) is 106 cm³/mol. The number of carbonyl (C=O) groups excluding carboxylic acids is 1.